The molecule has 1 fully saturated rings. The molecule has 0 atom stereocenters. The van der Waals surface area contributed by atoms with Crippen molar-refractivity contribution in [2.45, 2.75) is 0 Å². The van der Waals surface area contributed by atoms with E-state index in [0.29, 0.717) is 11.4 Å². The van der Waals surface area contributed by atoms with Gasteiger partial charge in [-0.15, -0.1) is 0 Å². The van der Waals surface area contributed by atoms with Crippen molar-refractivity contribution in [2.75, 3.05) is 62.4 Å². The normalized spacial score (nSPS) is 14.4. The Morgan fingerprint density at radius 1 is 1.03 bits per heavy atom. The molecule has 4 aromatic rings. The van der Waals surface area contributed by atoms with Crippen LogP contribution >= 0.6 is 11.3 Å². The number of likely N-dealkylation sites (N-methyl/N-ethyl adjacent to an activating group) is 1. The van der Waals surface area contributed by atoms with E-state index in [2.05, 4.69) is 37.1 Å². The molecule has 0 bridgehead atoms. The van der Waals surface area contributed by atoms with E-state index >= 15 is 0 Å². The van der Waals surface area contributed by atoms with Crippen molar-refractivity contribution in [1.82, 2.24) is 24.8 Å². The van der Waals surface area contributed by atoms with Crippen molar-refractivity contribution in [3.8, 4) is 10.6 Å². The van der Waals surface area contributed by atoms with Crippen LogP contribution in [0.4, 0.5) is 16.8 Å². The molecule has 1 N–H and O–H groups in total. The van der Waals surface area contributed by atoms with Gasteiger partial charge in [0.2, 0.25) is 0 Å². The molecule has 1 saturated heterocycles. The Morgan fingerprint density at radius 2 is 1.85 bits per heavy atom. The van der Waals surface area contributed by atoms with Gasteiger partial charge in [0.1, 0.15) is 11.6 Å². The highest BCUT2D eigenvalue weighted by Gasteiger charge is 2.17. The zero-order chi connectivity index (χ0) is 23.7. The zero-order valence-electron chi connectivity index (χ0n) is 19.4. The third-order valence-corrected chi connectivity index (χ3v) is 6.97. The number of pyridine rings is 3. The number of nitrogens with zero attached hydrogens (tertiary/aromatic N) is 7. The highest BCUT2D eigenvalue weighted by atomic mass is 32.1. The zero-order valence-corrected chi connectivity index (χ0v) is 20.2. The molecule has 1 amide bonds. The number of amides is 1. The van der Waals surface area contributed by atoms with Crippen LogP contribution in [0, 0.1) is 0 Å². The highest BCUT2D eigenvalue weighted by molar-refractivity contribution is 7.18. The lowest BCUT2D eigenvalue weighted by Crippen LogP contribution is -2.44. The van der Waals surface area contributed by atoms with Gasteiger partial charge in [0.15, 0.2) is 5.13 Å². The maximum Gasteiger partial charge on any atom is 0.257 e. The fourth-order valence-electron chi connectivity index (χ4n) is 3.77. The van der Waals surface area contributed by atoms with Crippen LogP contribution < -0.4 is 15.1 Å². The number of carbonyl (C=O) groups is 1. The minimum absolute atomic E-state index is 0.223. The number of anilines is 3. The Balaban J connectivity index is 1.35. The Morgan fingerprint density at radius 3 is 2.62 bits per heavy atom. The van der Waals surface area contributed by atoms with Crippen LogP contribution in [-0.4, -0.2) is 78.1 Å². The fourth-order valence-corrected chi connectivity index (χ4v) is 4.58. The minimum atomic E-state index is -0.223. The van der Waals surface area contributed by atoms with Gasteiger partial charge in [-0.3, -0.25) is 4.79 Å². The van der Waals surface area contributed by atoms with Crippen molar-refractivity contribution >= 4 is 44.9 Å². The van der Waals surface area contributed by atoms with Gasteiger partial charge in [-0.1, -0.05) is 11.3 Å². The molecule has 0 radical (unpaired) electrons. The Labute approximate surface area is 202 Å². The first kappa shape index (κ1) is 22.2. The topological polar surface area (TPSA) is 90.4 Å². The largest absolute Gasteiger partial charge is 0.354 e. The van der Waals surface area contributed by atoms with E-state index in [0.717, 1.165) is 58.6 Å². The molecule has 4 aromatic heterocycles. The fraction of sp³-hybridized carbons (Fsp3) is 0.292. The van der Waals surface area contributed by atoms with Crippen LogP contribution in [0.5, 0.6) is 0 Å². The number of rotatable bonds is 5. The van der Waals surface area contributed by atoms with Crippen LogP contribution in [0.1, 0.15) is 10.4 Å². The van der Waals surface area contributed by atoms with Gasteiger partial charge >= 0.3 is 0 Å². The van der Waals surface area contributed by atoms with Crippen molar-refractivity contribution in [2.24, 2.45) is 0 Å². The molecule has 0 unspecified atom stereocenters. The smallest absolute Gasteiger partial charge is 0.257 e. The van der Waals surface area contributed by atoms with Crippen LogP contribution in [0.2, 0.25) is 0 Å². The van der Waals surface area contributed by atoms with Crippen LogP contribution in [0.3, 0.4) is 0 Å². The van der Waals surface area contributed by atoms with Crippen LogP contribution in [-0.2, 0) is 0 Å². The van der Waals surface area contributed by atoms with Crippen LogP contribution in [0.15, 0.2) is 48.9 Å². The lowest BCUT2D eigenvalue weighted by Gasteiger charge is -2.33. The molecular formula is C24H26N8OS. The summed E-state index contributed by atoms with van der Waals surface area (Å²) in [5.41, 5.74) is 2.15. The molecule has 0 aliphatic carbocycles. The molecular weight excluding hydrogens is 448 g/mol. The van der Waals surface area contributed by atoms with E-state index in [1.54, 1.807) is 35.9 Å². The molecule has 174 valence electrons. The summed E-state index contributed by atoms with van der Waals surface area (Å²) >= 11 is 1.58. The first-order valence-electron chi connectivity index (χ1n) is 11.1. The maximum absolute atomic E-state index is 13.0. The number of nitrogens with one attached hydrogen (secondary N) is 1. The van der Waals surface area contributed by atoms with E-state index < -0.39 is 0 Å². The molecule has 34 heavy (non-hydrogen) atoms. The molecule has 1 aliphatic rings. The minimum Gasteiger partial charge on any atom is -0.354 e. The van der Waals surface area contributed by atoms with Gasteiger partial charge in [0.05, 0.1) is 16.1 Å². The van der Waals surface area contributed by atoms with E-state index in [9.17, 15) is 4.79 Å². The average molecular weight is 475 g/mol. The summed E-state index contributed by atoms with van der Waals surface area (Å²) in [5, 5.41) is 4.73. The summed E-state index contributed by atoms with van der Waals surface area (Å²) in [5.74, 6) is 1.05. The number of aromatic nitrogens is 4. The molecule has 10 heteroatoms. The molecule has 9 nitrogen and oxygen atoms in total. The summed E-state index contributed by atoms with van der Waals surface area (Å²) in [4.78, 5) is 38.5. The van der Waals surface area contributed by atoms with Gasteiger partial charge in [0, 0.05) is 75.9 Å². The van der Waals surface area contributed by atoms with Crippen molar-refractivity contribution in [1.29, 1.82) is 0 Å². The second-order valence-electron chi connectivity index (χ2n) is 8.51. The van der Waals surface area contributed by atoms with Crippen molar-refractivity contribution < 1.29 is 4.79 Å². The van der Waals surface area contributed by atoms with Gasteiger partial charge in [-0.05, 0) is 31.3 Å². The van der Waals surface area contributed by atoms with Gasteiger partial charge in [-0.2, -0.15) is 0 Å². The van der Waals surface area contributed by atoms with E-state index in [4.69, 9.17) is 4.98 Å². The third-order valence-electron chi connectivity index (χ3n) is 5.78. The average Bonchev–Trinajstić information content (AvgIpc) is 3.35. The summed E-state index contributed by atoms with van der Waals surface area (Å²) in [7, 11) is 6.04. The number of piperazine rings is 1. The lowest BCUT2D eigenvalue weighted by atomic mass is 10.2. The Bertz CT molecular complexity index is 1330. The standard InChI is InChI=1S/C24H26N8OS/c1-30(2)24-27-15-20(34-24)18-5-4-17-14-26-21(13-19(17)28-18)29-23(33)16-6-7-25-22(12-16)32-10-8-31(3)9-11-32/h4-7,12-15H,8-11H2,1-3H3,(H,26,29,33). The second kappa shape index (κ2) is 9.32. The van der Waals surface area contributed by atoms with E-state index in [1.807, 2.05) is 43.4 Å². The van der Waals surface area contributed by atoms with Crippen LogP contribution in [0.25, 0.3) is 21.5 Å². The molecule has 0 saturated carbocycles. The first-order valence-corrected chi connectivity index (χ1v) is 11.9. The first-order chi connectivity index (χ1) is 16.5. The van der Waals surface area contributed by atoms with Gasteiger partial charge in [0.25, 0.3) is 5.91 Å². The number of fused-ring (bicyclic) bond motifs is 1. The molecule has 5 heterocycles. The van der Waals surface area contributed by atoms with E-state index in [-0.39, 0.29) is 5.91 Å². The lowest BCUT2D eigenvalue weighted by molar-refractivity contribution is 0.102. The number of thiazole rings is 1. The number of hydrogen-bond donors (Lipinski definition) is 1. The van der Waals surface area contributed by atoms with E-state index in [1.165, 1.54) is 0 Å². The predicted molar refractivity (Wildman–Crippen MR) is 137 cm³/mol. The Kier molecular flexibility index (Phi) is 6.08. The monoisotopic (exact) mass is 474 g/mol. The predicted octanol–water partition coefficient (Wildman–Crippen LogP) is 3.22. The number of hydrogen-bond acceptors (Lipinski definition) is 9. The number of carbonyl (C=O) groups excluding carboxylic acids is 1. The Hall–Kier alpha value is -3.63. The molecule has 0 aromatic carbocycles. The molecule has 1 aliphatic heterocycles. The summed E-state index contributed by atoms with van der Waals surface area (Å²) in [6.07, 6.45) is 5.24. The van der Waals surface area contributed by atoms with Crippen molar-refractivity contribution in [3.05, 3.63) is 54.5 Å². The maximum atomic E-state index is 13.0. The summed E-state index contributed by atoms with van der Waals surface area (Å²) < 4.78 is 0. The highest BCUT2D eigenvalue weighted by Crippen LogP contribution is 2.30. The SMILES string of the molecule is CN1CCN(c2cc(C(=O)Nc3cc4nc(-c5cnc(N(C)C)s5)ccc4cn3)ccn2)CC1. The van der Waals surface area contributed by atoms with Gasteiger partial charge in [-0.25, -0.2) is 19.9 Å². The summed E-state index contributed by atoms with van der Waals surface area (Å²) in [6.45, 7) is 3.74. The second-order valence-corrected chi connectivity index (χ2v) is 9.52. The molecule has 5 rings (SSSR count). The van der Waals surface area contributed by atoms with Crippen molar-refractivity contribution in [3.63, 3.8) is 0 Å². The quantitative estimate of drug-likeness (QED) is 0.472. The molecule has 0 spiro atoms. The summed E-state index contributed by atoms with van der Waals surface area (Å²) in [6, 6.07) is 9.30. The van der Waals surface area contributed by atoms with Gasteiger partial charge < -0.3 is 20.0 Å². The third kappa shape index (κ3) is 4.68.